The number of anilines is 1. The summed E-state index contributed by atoms with van der Waals surface area (Å²) in [5.41, 5.74) is 1.14. The average molecular weight is 270 g/mol. The van der Waals surface area contributed by atoms with Crippen molar-refractivity contribution in [3.8, 4) is 0 Å². The number of fused-ring (bicyclic) bond motifs is 1. The Labute approximate surface area is 115 Å². The third kappa shape index (κ3) is 2.32. The van der Waals surface area contributed by atoms with Crippen molar-refractivity contribution < 1.29 is 8.78 Å². The number of pyridine rings is 1. The largest absolute Gasteiger partial charge is 0.380 e. The van der Waals surface area contributed by atoms with E-state index in [9.17, 15) is 8.78 Å². The second-order valence-corrected chi connectivity index (χ2v) is 4.47. The summed E-state index contributed by atoms with van der Waals surface area (Å²) in [5.74, 6) is -1.64. The Morgan fingerprint density at radius 3 is 2.75 bits per heavy atom. The number of nitrogens with one attached hydrogen (secondary N) is 1. The van der Waals surface area contributed by atoms with Gasteiger partial charge in [-0.05, 0) is 23.6 Å². The SMILES string of the molecule is Fc1cccc(CNc2cccc3ccncc23)c1F. The van der Waals surface area contributed by atoms with Crippen LogP contribution in [0.4, 0.5) is 14.5 Å². The lowest BCUT2D eigenvalue weighted by atomic mass is 10.1. The molecule has 0 radical (unpaired) electrons. The van der Waals surface area contributed by atoms with Crippen molar-refractivity contribution in [1.82, 2.24) is 4.98 Å². The molecule has 0 atom stereocenters. The van der Waals surface area contributed by atoms with Crippen LogP contribution in [-0.2, 0) is 6.54 Å². The Morgan fingerprint density at radius 2 is 1.85 bits per heavy atom. The third-order valence-electron chi connectivity index (χ3n) is 3.18. The van der Waals surface area contributed by atoms with Crippen molar-refractivity contribution in [2.75, 3.05) is 5.32 Å². The van der Waals surface area contributed by atoms with Crippen molar-refractivity contribution in [2.24, 2.45) is 0 Å². The number of benzene rings is 2. The molecule has 0 fully saturated rings. The summed E-state index contributed by atoms with van der Waals surface area (Å²) >= 11 is 0. The summed E-state index contributed by atoms with van der Waals surface area (Å²) in [6.45, 7) is 0.220. The molecule has 0 amide bonds. The monoisotopic (exact) mass is 270 g/mol. The first-order chi connectivity index (χ1) is 9.75. The van der Waals surface area contributed by atoms with E-state index < -0.39 is 11.6 Å². The Kier molecular flexibility index (Phi) is 3.29. The quantitative estimate of drug-likeness (QED) is 0.774. The first kappa shape index (κ1) is 12.5. The summed E-state index contributed by atoms with van der Waals surface area (Å²) in [6.07, 6.45) is 3.47. The van der Waals surface area contributed by atoms with Crippen LogP contribution in [0.5, 0.6) is 0 Å². The highest BCUT2D eigenvalue weighted by atomic mass is 19.2. The highest BCUT2D eigenvalue weighted by Gasteiger charge is 2.07. The van der Waals surface area contributed by atoms with Gasteiger partial charge >= 0.3 is 0 Å². The second-order valence-electron chi connectivity index (χ2n) is 4.47. The van der Waals surface area contributed by atoms with Gasteiger partial charge in [0.1, 0.15) is 0 Å². The molecule has 2 nitrogen and oxygen atoms in total. The van der Waals surface area contributed by atoms with Crippen LogP contribution in [-0.4, -0.2) is 4.98 Å². The smallest absolute Gasteiger partial charge is 0.163 e. The van der Waals surface area contributed by atoms with Crippen LogP contribution < -0.4 is 5.32 Å². The van der Waals surface area contributed by atoms with Crippen LogP contribution in [0.3, 0.4) is 0 Å². The minimum Gasteiger partial charge on any atom is -0.380 e. The maximum atomic E-state index is 13.6. The maximum absolute atomic E-state index is 13.6. The van der Waals surface area contributed by atoms with Gasteiger partial charge in [0.2, 0.25) is 0 Å². The number of hydrogen-bond acceptors (Lipinski definition) is 2. The van der Waals surface area contributed by atoms with Gasteiger partial charge in [-0.25, -0.2) is 8.78 Å². The van der Waals surface area contributed by atoms with Crippen LogP contribution in [0.1, 0.15) is 5.56 Å². The van der Waals surface area contributed by atoms with Gasteiger partial charge in [0.15, 0.2) is 11.6 Å². The Hall–Kier alpha value is -2.49. The normalized spacial score (nSPS) is 10.7. The van der Waals surface area contributed by atoms with E-state index in [1.54, 1.807) is 18.5 Å². The fourth-order valence-corrected chi connectivity index (χ4v) is 2.14. The molecule has 0 aliphatic carbocycles. The molecule has 0 spiro atoms. The van der Waals surface area contributed by atoms with Gasteiger partial charge in [-0.3, -0.25) is 4.98 Å². The number of nitrogens with zero attached hydrogens (tertiary/aromatic N) is 1. The molecule has 3 rings (SSSR count). The van der Waals surface area contributed by atoms with Gasteiger partial charge in [0.05, 0.1) is 0 Å². The molecule has 0 aliphatic heterocycles. The molecule has 100 valence electrons. The van der Waals surface area contributed by atoms with Crippen LogP contribution >= 0.6 is 0 Å². The van der Waals surface area contributed by atoms with Gasteiger partial charge in [0, 0.05) is 35.6 Å². The molecule has 0 unspecified atom stereocenters. The summed E-state index contributed by atoms with van der Waals surface area (Å²) in [6, 6.07) is 11.9. The van der Waals surface area contributed by atoms with E-state index >= 15 is 0 Å². The molecule has 3 aromatic rings. The summed E-state index contributed by atoms with van der Waals surface area (Å²) in [5, 5.41) is 5.12. The summed E-state index contributed by atoms with van der Waals surface area (Å²) in [4.78, 5) is 4.09. The zero-order chi connectivity index (χ0) is 13.9. The van der Waals surface area contributed by atoms with E-state index in [0.29, 0.717) is 5.56 Å². The first-order valence-electron chi connectivity index (χ1n) is 6.25. The van der Waals surface area contributed by atoms with Crippen molar-refractivity contribution >= 4 is 16.5 Å². The van der Waals surface area contributed by atoms with Crippen LogP contribution in [0.25, 0.3) is 10.8 Å². The molecule has 20 heavy (non-hydrogen) atoms. The number of halogens is 2. The van der Waals surface area contributed by atoms with E-state index in [0.717, 1.165) is 22.5 Å². The molecule has 0 saturated heterocycles. The molecule has 0 bridgehead atoms. The molecule has 4 heteroatoms. The standard InChI is InChI=1S/C16H12F2N2/c17-14-5-1-4-12(16(14)18)9-20-15-6-2-3-11-7-8-19-10-13(11)15/h1-8,10,20H,9H2. The van der Waals surface area contributed by atoms with Gasteiger partial charge in [0.25, 0.3) is 0 Å². The minimum atomic E-state index is -0.830. The lowest BCUT2D eigenvalue weighted by molar-refractivity contribution is 0.500. The van der Waals surface area contributed by atoms with Crippen molar-refractivity contribution in [1.29, 1.82) is 0 Å². The fourth-order valence-electron chi connectivity index (χ4n) is 2.14. The number of rotatable bonds is 3. The van der Waals surface area contributed by atoms with E-state index in [-0.39, 0.29) is 6.54 Å². The van der Waals surface area contributed by atoms with Crippen LogP contribution in [0, 0.1) is 11.6 Å². The van der Waals surface area contributed by atoms with Gasteiger partial charge < -0.3 is 5.32 Å². The lowest BCUT2D eigenvalue weighted by Crippen LogP contribution is -2.03. The Bertz CT molecular complexity index is 751. The van der Waals surface area contributed by atoms with Gasteiger partial charge in [-0.15, -0.1) is 0 Å². The molecular formula is C16H12F2N2. The summed E-state index contributed by atoms with van der Waals surface area (Å²) in [7, 11) is 0. The minimum absolute atomic E-state index is 0.220. The molecule has 0 aliphatic rings. The van der Waals surface area contributed by atoms with Gasteiger partial charge in [-0.2, -0.15) is 0 Å². The highest BCUT2D eigenvalue weighted by Crippen LogP contribution is 2.23. The van der Waals surface area contributed by atoms with Crippen molar-refractivity contribution in [2.45, 2.75) is 6.54 Å². The zero-order valence-electron chi connectivity index (χ0n) is 10.6. The van der Waals surface area contributed by atoms with Crippen molar-refractivity contribution in [3.63, 3.8) is 0 Å². The average Bonchev–Trinajstić information content (AvgIpc) is 2.49. The molecule has 1 aromatic heterocycles. The molecule has 2 aromatic carbocycles. The summed E-state index contributed by atoms with van der Waals surface area (Å²) < 4.78 is 26.7. The number of hydrogen-bond donors (Lipinski definition) is 1. The Morgan fingerprint density at radius 1 is 1.00 bits per heavy atom. The van der Waals surface area contributed by atoms with Crippen LogP contribution in [0.15, 0.2) is 54.9 Å². The highest BCUT2D eigenvalue weighted by molar-refractivity contribution is 5.93. The lowest BCUT2D eigenvalue weighted by Gasteiger charge is -2.10. The van der Waals surface area contributed by atoms with E-state index in [1.807, 2.05) is 24.3 Å². The maximum Gasteiger partial charge on any atom is 0.163 e. The van der Waals surface area contributed by atoms with Crippen LogP contribution in [0.2, 0.25) is 0 Å². The molecule has 0 saturated carbocycles. The molecule has 1 heterocycles. The van der Waals surface area contributed by atoms with E-state index in [4.69, 9.17) is 0 Å². The zero-order valence-corrected chi connectivity index (χ0v) is 10.6. The van der Waals surface area contributed by atoms with E-state index in [1.165, 1.54) is 6.07 Å². The first-order valence-corrected chi connectivity index (χ1v) is 6.25. The molecule has 1 N–H and O–H groups in total. The van der Waals surface area contributed by atoms with Gasteiger partial charge in [-0.1, -0.05) is 24.3 Å². The molecular weight excluding hydrogens is 258 g/mol. The fraction of sp³-hybridized carbons (Fsp3) is 0.0625. The van der Waals surface area contributed by atoms with E-state index in [2.05, 4.69) is 10.3 Å². The third-order valence-corrected chi connectivity index (χ3v) is 3.18. The topological polar surface area (TPSA) is 24.9 Å². The Balaban J connectivity index is 1.89. The number of aromatic nitrogens is 1. The predicted octanol–water partition coefficient (Wildman–Crippen LogP) is 4.13. The predicted molar refractivity (Wildman–Crippen MR) is 75.4 cm³/mol. The van der Waals surface area contributed by atoms with Crippen molar-refractivity contribution in [3.05, 3.63) is 72.1 Å². The second kappa shape index (κ2) is 5.25.